The molecular formula is C29H32N4O8S. The number of carbonyl (C=O) groups excluding carboxylic acids is 1. The Labute approximate surface area is 242 Å². The largest absolute Gasteiger partial charge is 0.494 e. The molecule has 0 bridgehead atoms. The van der Waals surface area contributed by atoms with E-state index >= 15 is 0 Å². The van der Waals surface area contributed by atoms with Gasteiger partial charge in [0.1, 0.15) is 11.4 Å². The highest BCUT2D eigenvalue weighted by Gasteiger charge is 2.34. The third-order valence-corrected chi connectivity index (χ3v) is 7.23. The second-order valence-electron chi connectivity index (χ2n) is 10.7. The summed E-state index contributed by atoms with van der Waals surface area (Å²) in [6, 6.07) is 9.69. The number of hydrogen-bond acceptors (Lipinski definition) is 8. The number of methoxy groups -OCH3 is 1. The van der Waals surface area contributed by atoms with E-state index in [1.807, 2.05) is 20.8 Å². The van der Waals surface area contributed by atoms with Crippen LogP contribution in [-0.4, -0.2) is 53.4 Å². The van der Waals surface area contributed by atoms with Crippen LogP contribution in [0.15, 0.2) is 42.6 Å². The van der Waals surface area contributed by atoms with E-state index in [-0.39, 0.29) is 40.4 Å². The van der Waals surface area contributed by atoms with Crippen LogP contribution in [0.5, 0.6) is 17.2 Å². The molecule has 5 N–H and O–H groups in total. The van der Waals surface area contributed by atoms with Gasteiger partial charge in [-0.2, -0.15) is 0 Å². The second-order valence-corrected chi connectivity index (χ2v) is 12.5. The molecule has 0 atom stereocenters. The number of rotatable bonds is 9. The fourth-order valence-electron chi connectivity index (χ4n) is 4.99. The van der Waals surface area contributed by atoms with Crippen LogP contribution in [0.3, 0.4) is 0 Å². The predicted octanol–water partition coefficient (Wildman–Crippen LogP) is 4.00. The number of pyridine rings is 1. The Kier molecular flexibility index (Phi) is 7.94. The molecule has 0 aliphatic rings. The lowest BCUT2D eigenvalue weighted by molar-refractivity contribution is 0.0687. The molecule has 1 amide bonds. The van der Waals surface area contributed by atoms with E-state index in [2.05, 4.69) is 9.71 Å². The van der Waals surface area contributed by atoms with Crippen LogP contribution in [0.1, 0.15) is 52.9 Å². The first-order chi connectivity index (χ1) is 19.6. The number of nitrogens with zero attached hydrogens (tertiary/aromatic N) is 2. The van der Waals surface area contributed by atoms with Gasteiger partial charge in [0.2, 0.25) is 10.0 Å². The van der Waals surface area contributed by atoms with Crippen LogP contribution in [0.4, 0.5) is 5.69 Å². The Bertz CT molecular complexity index is 1840. The third kappa shape index (κ3) is 5.60. The molecule has 4 rings (SSSR count). The van der Waals surface area contributed by atoms with Gasteiger partial charge in [0.05, 0.1) is 42.4 Å². The maximum absolute atomic E-state index is 12.9. The number of hydrogen-bond donors (Lipinski definition) is 4. The number of aryl methyl sites for hydroxylation is 1. The summed E-state index contributed by atoms with van der Waals surface area (Å²) >= 11 is 0. The number of carbonyl (C=O) groups is 2. The number of aromatic nitrogens is 2. The zero-order valence-corrected chi connectivity index (χ0v) is 24.8. The number of nitrogens with one attached hydrogen (secondary N) is 1. The van der Waals surface area contributed by atoms with Crippen molar-refractivity contribution in [3.63, 3.8) is 0 Å². The maximum atomic E-state index is 12.9. The van der Waals surface area contributed by atoms with Crippen LogP contribution >= 0.6 is 0 Å². The summed E-state index contributed by atoms with van der Waals surface area (Å²) in [6.45, 7) is 5.23. The molecular weight excluding hydrogens is 564 g/mol. The van der Waals surface area contributed by atoms with Gasteiger partial charge in [-0.1, -0.05) is 32.9 Å². The summed E-state index contributed by atoms with van der Waals surface area (Å²) < 4.78 is 40.9. The molecule has 13 heteroatoms. The van der Waals surface area contributed by atoms with E-state index < -0.39 is 27.3 Å². The highest BCUT2D eigenvalue weighted by atomic mass is 32.2. The normalized spacial score (nSPS) is 11.9. The van der Waals surface area contributed by atoms with Gasteiger partial charge in [-0.05, 0) is 29.2 Å². The number of amides is 1. The molecule has 0 radical (unpaired) electrons. The second kappa shape index (κ2) is 11.0. The van der Waals surface area contributed by atoms with Crippen molar-refractivity contribution in [1.29, 1.82) is 0 Å². The van der Waals surface area contributed by atoms with E-state index in [4.69, 9.17) is 15.2 Å². The molecule has 12 nitrogen and oxygen atoms in total. The average Bonchev–Trinajstić information content (AvgIpc) is 3.19. The highest BCUT2D eigenvalue weighted by molar-refractivity contribution is 7.92. The lowest BCUT2D eigenvalue weighted by Crippen LogP contribution is -2.22. The van der Waals surface area contributed by atoms with Gasteiger partial charge in [-0.3, -0.25) is 14.5 Å². The van der Waals surface area contributed by atoms with Gasteiger partial charge >= 0.3 is 5.97 Å². The quantitative estimate of drug-likeness (QED) is 0.222. The van der Waals surface area contributed by atoms with Gasteiger partial charge in [0, 0.05) is 35.8 Å². The molecule has 2 heterocycles. The van der Waals surface area contributed by atoms with Crippen molar-refractivity contribution in [3.05, 3.63) is 65.1 Å². The number of nitrogens with two attached hydrogens (primary N) is 1. The fourth-order valence-corrected chi connectivity index (χ4v) is 5.56. The Morgan fingerprint density at radius 2 is 1.83 bits per heavy atom. The number of benzene rings is 2. The van der Waals surface area contributed by atoms with Gasteiger partial charge in [-0.25, -0.2) is 13.2 Å². The number of para-hydroxylation sites is 1. The van der Waals surface area contributed by atoms with Gasteiger partial charge in [0.15, 0.2) is 11.5 Å². The monoisotopic (exact) mass is 596 g/mol. The Morgan fingerprint density at radius 3 is 2.38 bits per heavy atom. The number of ether oxygens (including phenoxy) is 2. The molecule has 0 saturated carbocycles. The summed E-state index contributed by atoms with van der Waals surface area (Å²) in [5, 5.41) is 20.4. The molecule has 222 valence electrons. The molecule has 2 aromatic heterocycles. The number of aromatic carboxylic acids is 1. The van der Waals surface area contributed by atoms with Crippen LogP contribution in [0.25, 0.3) is 22.0 Å². The van der Waals surface area contributed by atoms with Crippen LogP contribution in [0, 0.1) is 0 Å². The number of carboxylic acid groups (broad SMARTS) is 1. The lowest BCUT2D eigenvalue weighted by atomic mass is 9.79. The molecule has 0 spiro atoms. The van der Waals surface area contributed by atoms with Crippen molar-refractivity contribution in [2.75, 3.05) is 18.1 Å². The number of sulfonamides is 1. The van der Waals surface area contributed by atoms with Gasteiger partial charge < -0.3 is 30.0 Å². The Balaban J connectivity index is 2.21. The average molecular weight is 597 g/mol. The lowest BCUT2D eigenvalue weighted by Gasteiger charge is -2.28. The standard InChI is InChI=1S/C29H32N4O8S/c1-29(2,3)19-13-18(27(30)35)26(40-5)23(32-42(6,38)39)22(19)21-17-8-7-9-20(24(17)33(4)25(21)28(36)37)41-16-10-11-31-15(12-16)14-34/h7-13,32,34H,14H2,1-6H3,(H2,30,35)(H,36,37). The number of fused-ring (bicyclic) bond motifs is 1. The SMILES string of the molecule is COc1c(C(N)=O)cc(C(C)(C)C)c(-c2c(C(=O)O)n(C)c3c(Oc4ccnc(CO)c4)cccc23)c1NS(C)(=O)=O. The zero-order chi connectivity index (χ0) is 31.1. The molecule has 4 aromatic rings. The maximum Gasteiger partial charge on any atom is 0.353 e. The minimum absolute atomic E-state index is 0.0733. The molecule has 0 fully saturated rings. The first kappa shape index (κ1) is 30.3. The predicted molar refractivity (Wildman–Crippen MR) is 158 cm³/mol. The first-order valence-electron chi connectivity index (χ1n) is 12.7. The van der Waals surface area contributed by atoms with Crippen molar-refractivity contribution in [3.8, 4) is 28.4 Å². The van der Waals surface area contributed by atoms with Crippen molar-refractivity contribution in [2.24, 2.45) is 12.8 Å². The number of anilines is 1. The first-order valence-corrected chi connectivity index (χ1v) is 14.6. The number of carboxylic acids is 1. The van der Waals surface area contributed by atoms with Crippen molar-refractivity contribution < 1.29 is 37.7 Å². The number of aliphatic hydroxyl groups is 1. The minimum atomic E-state index is -3.97. The molecule has 42 heavy (non-hydrogen) atoms. The van der Waals surface area contributed by atoms with Crippen LogP contribution in [0.2, 0.25) is 0 Å². The van der Waals surface area contributed by atoms with Crippen molar-refractivity contribution in [2.45, 2.75) is 32.8 Å². The number of aliphatic hydroxyl groups excluding tert-OH is 1. The van der Waals surface area contributed by atoms with Crippen molar-refractivity contribution in [1.82, 2.24) is 9.55 Å². The van der Waals surface area contributed by atoms with Crippen LogP contribution < -0.4 is 19.9 Å². The van der Waals surface area contributed by atoms with Gasteiger partial charge in [-0.15, -0.1) is 0 Å². The summed E-state index contributed by atoms with van der Waals surface area (Å²) in [7, 11) is -1.15. The molecule has 0 aliphatic carbocycles. The third-order valence-electron chi connectivity index (χ3n) is 6.65. The summed E-state index contributed by atoms with van der Waals surface area (Å²) in [6.07, 6.45) is 2.41. The molecule has 0 unspecified atom stereocenters. The van der Waals surface area contributed by atoms with Crippen LogP contribution in [-0.2, 0) is 29.1 Å². The smallest absolute Gasteiger partial charge is 0.353 e. The number of primary amides is 1. The molecule has 0 saturated heterocycles. The minimum Gasteiger partial charge on any atom is -0.494 e. The highest BCUT2D eigenvalue weighted by Crippen LogP contribution is 2.50. The van der Waals surface area contributed by atoms with E-state index in [9.17, 15) is 28.2 Å². The van der Waals surface area contributed by atoms with E-state index in [1.54, 1.807) is 37.4 Å². The fraction of sp³-hybridized carbons (Fsp3) is 0.276. The van der Waals surface area contributed by atoms with Crippen molar-refractivity contribution >= 4 is 38.5 Å². The summed E-state index contributed by atoms with van der Waals surface area (Å²) in [5.41, 5.74) is 6.21. The molecule has 0 aliphatic heterocycles. The Morgan fingerprint density at radius 1 is 1.14 bits per heavy atom. The van der Waals surface area contributed by atoms with Gasteiger partial charge in [0.25, 0.3) is 5.91 Å². The van der Waals surface area contributed by atoms with E-state index in [0.29, 0.717) is 33.7 Å². The van der Waals surface area contributed by atoms with E-state index in [0.717, 1.165) is 6.26 Å². The van der Waals surface area contributed by atoms with E-state index in [1.165, 1.54) is 23.9 Å². The Hall–Kier alpha value is -4.62. The summed E-state index contributed by atoms with van der Waals surface area (Å²) in [4.78, 5) is 29.4. The zero-order valence-electron chi connectivity index (χ0n) is 24.0. The molecule has 2 aromatic carbocycles. The topological polar surface area (TPSA) is 183 Å². The summed E-state index contributed by atoms with van der Waals surface area (Å²) in [5.74, 6) is -1.63.